The first-order valence-electron chi connectivity index (χ1n) is 14.2. The highest BCUT2D eigenvalue weighted by atomic mass is 16.6. The minimum atomic E-state index is -1.34. The molecule has 1 aromatic carbocycles. The van der Waals surface area contributed by atoms with Crippen LogP contribution in [0.2, 0.25) is 0 Å². The standard InChI is InChI=1S/C31H45N3O7/c1-8-9-20-10-12-21(13-11-20)24(30(5,6)39)32-26(36)23-18-22(35)19-34(23)27(37)25(31(7)14-16-40-17-15-31)33-28(38)41-29(2,3)4/h10-13,22-25,35,39H,14-19H2,1-7H3,(H,32,36)(H,33,38)/t22-,23+,24-,25-/m1/s1. The number of ether oxygens (including phenoxy) is 2. The van der Waals surface area contributed by atoms with Crippen LogP contribution in [-0.2, 0) is 19.1 Å². The Morgan fingerprint density at radius 3 is 2.24 bits per heavy atom. The number of aliphatic hydroxyl groups is 2. The molecule has 10 heteroatoms. The van der Waals surface area contributed by atoms with Gasteiger partial charge in [0.05, 0.1) is 17.7 Å². The van der Waals surface area contributed by atoms with Crippen LogP contribution < -0.4 is 10.6 Å². The summed E-state index contributed by atoms with van der Waals surface area (Å²) < 4.78 is 11.0. The van der Waals surface area contributed by atoms with E-state index in [1.807, 2.05) is 19.1 Å². The van der Waals surface area contributed by atoms with E-state index in [4.69, 9.17) is 9.47 Å². The zero-order valence-electron chi connectivity index (χ0n) is 25.2. The predicted molar refractivity (Wildman–Crippen MR) is 154 cm³/mol. The molecule has 0 radical (unpaired) electrons. The highest BCUT2D eigenvalue weighted by molar-refractivity contribution is 5.92. The van der Waals surface area contributed by atoms with Gasteiger partial charge in [0.2, 0.25) is 11.8 Å². The fourth-order valence-electron chi connectivity index (χ4n) is 5.37. The fraction of sp³-hybridized carbons (Fsp3) is 0.645. The molecule has 0 aliphatic carbocycles. The molecule has 10 nitrogen and oxygen atoms in total. The molecule has 0 aromatic heterocycles. The number of hydrogen-bond donors (Lipinski definition) is 4. The zero-order valence-corrected chi connectivity index (χ0v) is 25.2. The van der Waals surface area contributed by atoms with Crippen LogP contribution >= 0.6 is 0 Å². The number of hydrogen-bond acceptors (Lipinski definition) is 7. The summed E-state index contributed by atoms with van der Waals surface area (Å²) in [5.41, 5.74) is -1.29. The van der Waals surface area contributed by atoms with Gasteiger partial charge in [0.1, 0.15) is 17.7 Å². The van der Waals surface area contributed by atoms with Crippen molar-refractivity contribution in [1.29, 1.82) is 0 Å². The second kappa shape index (κ2) is 12.8. The minimum absolute atomic E-state index is 0.0279. The van der Waals surface area contributed by atoms with E-state index >= 15 is 0 Å². The summed E-state index contributed by atoms with van der Waals surface area (Å²) in [4.78, 5) is 42.0. The maximum Gasteiger partial charge on any atom is 0.408 e. The number of carbonyl (C=O) groups excluding carboxylic acids is 3. The highest BCUT2D eigenvalue weighted by Crippen LogP contribution is 2.36. The summed E-state index contributed by atoms with van der Waals surface area (Å²) >= 11 is 0. The van der Waals surface area contributed by atoms with Gasteiger partial charge in [-0.1, -0.05) is 25.0 Å². The normalized spacial score (nSPS) is 22.1. The number of amides is 3. The van der Waals surface area contributed by atoms with Gasteiger partial charge in [-0.05, 0) is 72.1 Å². The lowest BCUT2D eigenvalue weighted by Gasteiger charge is -2.42. The summed E-state index contributed by atoms with van der Waals surface area (Å²) in [6, 6.07) is 4.42. The Bertz CT molecular complexity index is 1150. The van der Waals surface area contributed by atoms with Crippen LogP contribution in [0.4, 0.5) is 4.79 Å². The van der Waals surface area contributed by atoms with Gasteiger partial charge in [0.25, 0.3) is 0 Å². The fourth-order valence-corrected chi connectivity index (χ4v) is 5.37. The molecule has 3 rings (SSSR count). The Morgan fingerprint density at radius 1 is 1.10 bits per heavy atom. The Kier molecular flexibility index (Phi) is 10.1. The molecule has 2 fully saturated rings. The Morgan fingerprint density at radius 2 is 1.71 bits per heavy atom. The molecule has 3 amide bonds. The average Bonchev–Trinajstić information content (AvgIpc) is 3.26. The molecule has 41 heavy (non-hydrogen) atoms. The summed E-state index contributed by atoms with van der Waals surface area (Å²) in [5, 5.41) is 27.2. The van der Waals surface area contributed by atoms with Gasteiger partial charge in [0.15, 0.2) is 0 Å². The Balaban J connectivity index is 1.88. The van der Waals surface area contributed by atoms with Crippen molar-refractivity contribution in [1.82, 2.24) is 15.5 Å². The van der Waals surface area contributed by atoms with E-state index in [0.717, 1.165) is 5.56 Å². The molecule has 2 aliphatic heterocycles. The van der Waals surface area contributed by atoms with Gasteiger partial charge in [-0.2, -0.15) is 0 Å². The summed E-state index contributed by atoms with van der Waals surface area (Å²) in [5.74, 6) is 4.83. The van der Waals surface area contributed by atoms with Gasteiger partial charge < -0.3 is 35.2 Å². The van der Waals surface area contributed by atoms with Crippen molar-refractivity contribution in [3.8, 4) is 11.8 Å². The zero-order chi connectivity index (χ0) is 30.6. The van der Waals surface area contributed by atoms with E-state index in [1.165, 1.54) is 4.90 Å². The van der Waals surface area contributed by atoms with E-state index in [-0.39, 0.29) is 13.0 Å². The quantitative estimate of drug-likeness (QED) is 0.369. The van der Waals surface area contributed by atoms with Crippen molar-refractivity contribution in [2.75, 3.05) is 19.8 Å². The summed E-state index contributed by atoms with van der Waals surface area (Å²) in [7, 11) is 0. The molecule has 2 aliphatic rings. The van der Waals surface area contributed by atoms with Crippen LogP contribution in [0.25, 0.3) is 0 Å². The van der Waals surface area contributed by atoms with Gasteiger partial charge in [-0.25, -0.2) is 4.79 Å². The van der Waals surface area contributed by atoms with Crippen LogP contribution in [0, 0.1) is 17.3 Å². The van der Waals surface area contributed by atoms with E-state index in [1.54, 1.807) is 53.7 Å². The van der Waals surface area contributed by atoms with Gasteiger partial charge >= 0.3 is 6.09 Å². The number of alkyl carbamates (subject to hydrolysis) is 1. The number of aliphatic hydroxyl groups excluding tert-OH is 1. The van der Waals surface area contributed by atoms with Crippen molar-refractivity contribution >= 4 is 17.9 Å². The third kappa shape index (κ3) is 8.44. The molecule has 1 aromatic rings. The largest absolute Gasteiger partial charge is 0.444 e. The van der Waals surface area contributed by atoms with E-state index < -0.39 is 58.8 Å². The second-order valence-corrected chi connectivity index (χ2v) is 12.8. The number of carbonyl (C=O) groups is 3. The summed E-state index contributed by atoms with van der Waals surface area (Å²) in [6.45, 7) is 12.8. The number of β-amino-alcohol motifs (C(OH)–C–C–N with tert-alkyl or cyclic N) is 1. The van der Waals surface area contributed by atoms with Gasteiger partial charge in [-0.15, -0.1) is 5.92 Å². The predicted octanol–water partition coefficient (Wildman–Crippen LogP) is 2.66. The van der Waals surface area contributed by atoms with Crippen molar-refractivity contribution in [2.24, 2.45) is 5.41 Å². The first-order chi connectivity index (χ1) is 19.0. The maximum absolute atomic E-state index is 14.1. The van der Waals surface area contributed by atoms with E-state index in [9.17, 15) is 24.6 Å². The van der Waals surface area contributed by atoms with Crippen LogP contribution in [0.1, 0.15) is 84.9 Å². The van der Waals surface area contributed by atoms with Crippen molar-refractivity contribution in [2.45, 2.75) is 103 Å². The lowest BCUT2D eigenvalue weighted by atomic mass is 9.75. The van der Waals surface area contributed by atoms with Crippen LogP contribution in [-0.4, -0.2) is 82.2 Å². The first-order valence-corrected chi connectivity index (χ1v) is 14.2. The van der Waals surface area contributed by atoms with Gasteiger partial charge in [-0.3, -0.25) is 9.59 Å². The number of nitrogens with one attached hydrogen (secondary N) is 2. The molecule has 0 unspecified atom stereocenters. The van der Waals surface area contributed by atoms with Crippen LogP contribution in [0.15, 0.2) is 24.3 Å². The lowest BCUT2D eigenvalue weighted by molar-refractivity contribution is -0.145. The number of likely N-dealkylation sites (tertiary alicyclic amines) is 1. The number of rotatable bonds is 7. The monoisotopic (exact) mass is 571 g/mol. The molecule has 2 heterocycles. The van der Waals surface area contributed by atoms with Crippen molar-refractivity contribution in [3.05, 3.63) is 35.4 Å². The molecule has 0 spiro atoms. The summed E-state index contributed by atoms with van der Waals surface area (Å²) in [6.07, 6.45) is -0.591. The smallest absolute Gasteiger partial charge is 0.408 e. The molecule has 226 valence electrons. The van der Waals surface area contributed by atoms with Crippen molar-refractivity contribution < 1.29 is 34.1 Å². The number of nitrogens with zero attached hydrogens (tertiary/aromatic N) is 1. The topological polar surface area (TPSA) is 137 Å². The van der Waals surface area contributed by atoms with Crippen LogP contribution in [0.3, 0.4) is 0 Å². The highest BCUT2D eigenvalue weighted by Gasteiger charge is 2.49. The third-order valence-corrected chi connectivity index (χ3v) is 7.61. The van der Waals surface area contributed by atoms with E-state index in [2.05, 4.69) is 22.5 Å². The molecular weight excluding hydrogens is 526 g/mol. The molecule has 4 N–H and O–H groups in total. The Labute approximate surface area is 243 Å². The van der Waals surface area contributed by atoms with Crippen molar-refractivity contribution in [3.63, 3.8) is 0 Å². The molecule has 0 saturated carbocycles. The third-order valence-electron chi connectivity index (χ3n) is 7.61. The minimum Gasteiger partial charge on any atom is -0.444 e. The maximum atomic E-state index is 14.1. The number of benzene rings is 1. The second-order valence-electron chi connectivity index (χ2n) is 12.8. The first kappa shape index (κ1) is 32.4. The SMILES string of the molecule is CC#Cc1ccc([C@@H](NC(=O)[C@@H]2C[C@@H](O)CN2C(=O)[C@@H](NC(=O)OC(C)(C)C)C2(C)CCOCC2)C(C)(C)O)cc1. The molecular formula is C31H45N3O7. The average molecular weight is 572 g/mol. The van der Waals surface area contributed by atoms with Crippen LogP contribution in [0.5, 0.6) is 0 Å². The molecule has 0 bridgehead atoms. The molecule has 2 saturated heterocycles. The van der Waals surface area contributed by atoms with Gasteiger partial charge in [0, 0.05) is 37.2 Å². The van der Waals surface area contributed by atoms with E-state index in [0.29, 0.717) is 31.6 Å². The lowest BCUT2D eigenvalue weighted by Crippen LogP contribution is -2.60. The Hall–Kier alpha value is -3.13. The molecule has 4 atom stereocenters.